The number of aryl methyl sites for hydroxylation is 2. The van der Waals surface area contributed by atoms with E-state index in [0.29, 0.717) is 13.1 Å². The molecular weight excluding hydrogens is 392 g/mol. The number of nitrogens with one attached hydrogen (secondary N) is 1. The lowest BCUT2D eigenvalue weighted by Crippen LogP contribution is -2.34. The van der Waals surface area contributed by atoms with Crippen molar-refractivity contribution < 1.29 is 4.79 Å². The number of amides is 2. The van der Waals surface area contributed by atoms with Crippen LogP contribution in [0.25, 0.3) is 0 Å². The highest BCUT2D eigenvalue weighted by Crippen LogP contribution is 2.16. The Morgan fingerprint density at radius 3 is 1.66 bits per heavy atom. The van der Waals surface area contributed by atoms with E-state index in [1.807, 2.05) is 35.2 Å². The number of urea groups is 1. The summed E-state index contributed by atoms with van der Waals surface area (Å²) in [7, 11) is 0. The maximum atomic E-state index is 13.2. The molecule has 0 fully saturated rings. The molecule has 0 aliphatic carbocycles. The highest BCUT2D eigenvalue weighted by atomic mass is 16.2. The first-order valence-electron chi connectivity index (χ1n) is 11.9. The number of nitrogens with zero attached hydrogens (tertiary/aromatic N) is 1. The molecule has 0 aromatic heterocycles. The van der Waals surface area contributed by atoms with Gasteiger partial charge in [0.1, 0.15) is 0 Å². The standard InChI is InChI=1S/C29H36N2O/c1-3-5-10-24-14-16-27(17-15-24)23-31(22-26-12-8-7-9-13-26)29(32)30-28-20-18-25(19-21-28)11-6-4-2/h7-9,12-21H,3-6,10-11,22-23H2,1-2H3,(H,30,32). The summed E-state index contributed by atoms with van der Waals surface area (Å²) in [6.45, 7) is 5.56. The number of unbranched alkanes of at least 4 members (excludes halogenated alkanes) is 2. The molecule has 1 N–H and O–H groups in total. The average molecular weight is 429 g/mol. The summed E-state index contributed by atoms with van der Waals surface area (Å²) in [5.74, 6) is 0. The Morgan fingerprint density at radius 1 is 0.656 bits per heavy atom. The number of carbonyl (C=O) groups excluding carboxylic acids is 1. The molecule has 32 heavy (non-hydrogen) atoms. The molecule has 3 heteroatoms. The van der Waals surface area contributed by atoms with Crippen LogP contribution in [0, 0.1) is 0 Å². The third-order valence-electron chi connectivity index (χ3n) is 5.74. The predicted octanol–water partition coefficient (Wildman–Crippen LogP) is 7.61. The molecule has 3 nitrogen and oxygen atoms in total. The van der Waals surface area contributed by atoms with E-state index in [2.05, 4.69) is 67.7 Å². The fourth-order valence-electron chi connectivity index (χ4n) is 3.75. The van der Waals surface area contributed by atoms with Gasteiger partial charge in [-0.05, 0) is 60.1 Å². The van der Waals surface area contributed by atoms with E-state index >= 15 is 0 Å². The molecule has 0 aliphatic rings. The van der Waals surface area contributed by atoms with Crippen molar-refractivity contribution in [1.29, 1.82) is 0 Å². The molecule has 0 saturated carbocycles. The molecule has 0 atom stereocenters. The number of carbonyl (C=O) groups is 1. The van der Waals surface area contributed by atoms with Crippen LogP contribution in [0.4, 0.5) is 10.5 Å². The lowest BCUT2D eigenvalue weighted by molar-refractivity contribution is 0.206. The van der Waals surface area contributed by atoms with E-state index in [9.17, 15) is 4.79 Å². The van der Waals surface area contributed by atoms with Crippen LogP contribution in [0.15, 0.2) is 78.9 Å². The van der Waals surface area contributed by atoms with E-state index in [4.69, 9.17) is 0 Å². The zero-order chi connectivity index (χ0) is 22.6. The Morgan fingerprint density at radius 2 is 1.12 bits per heavy atom. The number of anilines is 1. The third kappa shape index (κ3) is 7.56. The van der Waals surface area contributed by atoms with Crippen molar-refractivity contribution in [1.82, 2.24) is 4.90 Å². The molecule has 168 valence electrons. The van der Waals surface area contributed by atoms with E-state index in [0.717, 1.165) is 29.7 Å². The van der Waals surface area contributed by atoms with Crippen molar-refractivity contribution in [3.05, 3.63) is 101 Å². The lowest BCUT2D eigenvalue weighted by Gasteiger charge is -2.24. The molecule has 0 saturated heterocycles. The second-order valence-corrected chi connectivity index (χ2v) is 8.49. The van der Waals surface area contributed by atoms with Gasteiger partial charge in [0.25, 0.3) is 0 Å². The highest BCUT2D eigenvalue weighted by Gasteiger charge is 2.15. The Bertz CT molecular complexity index is 933. The van der Waals surface area contributed by atoms with Crippen molar-refractivity contribution in [2.45, 2.75) is 65.5 Å². The van der Waals surface area contributed by atoms with Crippen molar-refractivity contribution in [3.8, 4) is 0 Å². The molecule has 0 bridgehead atoms. The van der Waals surface area contributed by atoms with Crippen molar-refractivity contribution in [2.75, 3.05) is 5.32 Å². The van der Waals surface area contributed by atoms with Crippen molar-refractivity contribution >= 4 is 11.7 Å². The van der Waals surface area contributed by atoms with Crippen LogP contribution in [-0.4, -0.2) is 10.9 Å². The zero-order valence-electron chi connectivity index (χ0n) is 19.5. The molecule has 0 radical (unpaired) electrons. The van der Waals surface area contributed by atoms with Crippen LogP contribution in [-0.2, 0) is 25.9 Å². The minimum absolute atomic E-state index is 0.0785. The normalized spacial score (nSPS) is 10.7. The first-order chi connectivity index (χ1) is 15.7. The van der Waals surface area contributed by atoms with Gasteiger partial charge in [-0.2, -0.15) is 0 Å². The second-order valence-electron chi connectivity index (χ2n) is 8.49. The first-order valence-corrected chi connectivity index (χ1v) is 11.9. The summed E-state index contributed by atoms with van der Waals surface area (Å²) in [4.78, 5) is 15.1. The summed E-state index contributed by atoms with van der Waals surface area (Å²) in [5, 5.41) is 3.09. The van der Waals surface area contributed by atoms with Crippen LogP contribution >= 0.6 is 0 Å². The smallest absolute Gasteiger partial charge is 0.316 e. The largest absolute Gasteiger partial charge is 0.322 e. The van der Waals surface area contributed by atoms with Crippen LogP contribution in [0.2, 0.25) is 0 Å². The molecule has 3 aromatic rings. The predicted molar refractivity (Wildman–Crippen MR) is 135 cm³/mol. The van der Waals surface area contributed by atoms with Gasteiger partial charge in [-0.1, -0.05) is 93.4 Å². The maximum Gasteiger partial charge on any atom is 0.322 e. The van der Waals surface area contributed by atoms with E-state index < -0.39 is 0 Å². The Labute approximate surface area is 193 Å². The van der Waals surface area contributed by atoms with Gasteiger partial charge in [0.15, 0.2) is 0 Å². The quantitative estimate of drug-likeness (QED) is 0.335. The van der Waals surface area contributed by atoms with Gasteiger partial charge >= 0.3 is 6.03 Å². The molecule has 2 amide bonds. The van der Waals surface area contributed by atoms with E-state index in [1.165, 1.54) is 36.8 Å². The molecule has 0 aliphatic heterocycles. The van der Waals surface area contributed by atoms with Gasteiger partial charge in [-0.25, -0.2) is 4.79 Å². The van der Waals surface area contributed by atoms with Gasteiger partial charge in [0.2, 0.25) is 0 Å². The van der Waals surface area contributed by atoms with E-state index in [-0.39, 0.29) is 6.03 Å². The lowest BCUT2D eigenvalue weighted by atomic mass is 10.1. The summed E-state index contributed by atoms with van der Waals surface area (Å²) >= 11 is 0. The molecule has 0 unspecified atom stereocenters. The van der Waals surface area contributed by atoms with E-state index in [1.54, 1.807) is 0 Å². The number of rotatable bonds is 11. The molecule has 3 aromatic carbocycles. The van der Waals surface area contributed by atoms with Gasteiger partial charge < -0.3 is 10.2 Å². The van der Waals surface area contributed by atoms with Crippen LogP contribution in [0.5, 0.6) is 0 Å². The maximum absolute atomic E-state index is 13.2. The van der Waals surface area contributed by atoms with Crippen LogP contribution in [0.1, 0.15) is 61.8 Å². The molecule has 3 rings (SSSR count). The summed E-state index contributed by atoms with van der Waals surface area (Å²) in [5.41, 5.74) is 5.78. The third-order valence-corrected chi connectivity index (χ3v) is 5.74. The number of hydrogen-bond donors (Lipinski definition) is 1. The van der Waals surface area contributed by atoms with Crippen molar-refractivity contribution in [3.63, 3.8) is 0 Å². The molecular formula is C29H36N2O. The van der Waals surface area contributed by atoms with Crippen LogP contribution in [0.3, 0.4) is 0 Å². The average Bonchev–Trinajstić information content (AvgIpc) is 2.83. The van der Waals surface area contributed by atoms with Gasteiger partial charge in [0.05, 0.1) is 0 Å². The second kappa shape index (κ2) is 12.7. The molecule has 0 spiro atoms. The topological polar surface area (TPSA) is 32.3 Å². The summed E-state index contributed by atoms with van der Waals surface area (Å²) in [6, 6.07) is 27.0. The minimum Gasteiger partial charge on any atom is -0.316 e. The zero-order valence-corrected chi connectivity index (χ0v) is 19.5. The van der Waals surface area contributed by atoms with Gasteiger partial charge in [-0.3, -0.25) is 0 Å². The van der Waals surface area contributed by atoms with Crippen molar-refractivity contribution in [2.24, 2.45) is 0 Å². The Hall–Kier alpha value is -3.07. The SMILES string of the molecule is CCCCc1ccc(CN(Cc2ccccc2)C(=O)Nc2ccc(CCCC)cc2)cc1. The highest BCUT2D eigenvalue weighted by molar-refractivity contribution is 5.89. The first kappa shape index (κ1) is 23.6. The summed E-state index contributed by atoms with van der Waals surface area (Å²) < 4.78 is 0. The monoisotopic (exact) mass is 428 g/mol. The Balaban J connectivity index is 1.69. The molecule has 0 heterocycles. The fourth-order valence-corrected chi connectivity index (χ4v) is 3.75. The fraction of sp³-hybridized carbons (Fsp3) is 0.345. The number of benzene rings is 3. The van der Waals surface area contributed by atoms with Gasteiger partial charge in [-0.15, -0.1) is 0 Å². The number of hydrogen-bond acceptors (Lipinski definition) is 1. The minimum atomic E-state index is -0.0785. The Kier molecular flexibility index (Phi) is 9.37. The van der Waals surface area contributed by atoms with Gasteiger partial charge in [0, 0.05) is 18.8 Å². The summed E-state index contributed by atoms with van der Waals surface area (Å²) in [6.07, 6.45) is 6.98. The van der Waals surface area contributed by atoms with Crippen LogP contribution < -0.4 is 5.32 Å².